The molecule has 11 heavy (non-hydrogen) atoms. The van der Waals surface area contributed by atoms with Crippen LogP contribution in [0.5, 0.6) is 0 Å². The van der Waals surface area contributed by atoms with Gasteiger partial charge in [-0.15, -0.1) is 6.58 Å². The van der Waals surface area contributed by atoms with Crippen LogP contribution in [0.2, 0.25) is 0 Å². The van der Waals surface area contributed by atoms with Gasteiger partial charge in [-0.05, 0) is 29.3 Å². The molecule has 0 aliphatic heterocycles. The molecule has 0 saturated heterocycles. The molecule has 60 valence electrons. The summed E-state index contributed by atoms with van der Waals surface area (Å²) >= 11 is 3.33. The molecule has 0 bridgehead atoms. The zero-order valence-corrected chi connectivity index (χ0v) is 8.13. The Labute approximate surface area is 75.0 Å². The predicted octanol–water partition coefficient (Wildman–Crippen LogP) is 2.61. The zero-order valence-electron chi connectivity index (χ0n) is 6.55. The van der Waals surface area contributed by atoms with Gasteiger partial charge in [-0.25, -0.2) is 0 Å². The predicted molar refractivity (Wildman–Crippen MR) is 49.4 cm³/mol. The van der Waals surface area contributed by atoms with E-state index < -0.39 is 0 Å². The molecule has 1 rings (SSSR count). The molecular formula is C8H11BrN2. The number of halogens is 1. The largest absolute Gasteiger partial charge is 0.271 e. The lowest BCUT2D eigenvalue weighted by Gasteiger charge is -1.98. The van der Waals surface area contributed by atoms with Crippen molar-refractivity contribution >= 4 is 15.9 Å². The molecule has 0 radical (unpaired) electrons. The van der Waals surface area contributed by atoms with E-state index in [4.69, 9.17) is 0 Å². The molecule has 0 N–H and O–H groups in total. The summed E-state index contributed by atoms with van der Waals surface area (Å²) in [5.74, 6) is 0. The van der Waals surface area contributed by atoms with E-state index in [2.05, 4.69) is 27.6 Å². The summed E-state index contributed by atoms with van der Waals surface area (Å²) in [4.78, 5) is 0. The van der Waals surface area contributed by atoms with Crippen molar-refractivity contribution in [3.8, 4) is 0 Å². The van der Waals surface area contributed by atoms with Gasteiger partial charge in [-0.1, -0.05) is 5.57 Å². The first-order valence-corrected chi connectivity index (χ1v) is 4.30. The average Bonchev–Trinajstić information content (AvgIpc) is 2.31. The summed E-state index contributed by atoms with van der Waals surface area (Å²) in [5.41, 5.74) is 1.19. The van der Waals surface area contributed by atoms with Crippen molar-refractivity contribution in [3.05, 3.63) is 29.0 Å². The molecule has 2 nitrogen and oxygen atoms in total. The van der Waals surface area contributed by atoms with Crippen LogP contribution in [0.4, 0.5) is 0 Å². The van der Waals surface area contributed by atoms with Gasteiger partial charge in [0.15, 0.2) is 0 Å². The van der Waals surface area contributed by atoms with Gasteiger partial charge in [0, 0.05) is 12.7 Å². The molecule has 0 spiro atoms. The lowest BCUT2D eigenvalue weighted by Crippen LogP contribution is -1.97. The Morgan fingerprint density at radius 3 is 3.00 bits per heavy atom. The maximum Gasteiger partial charge on any atom is 0.0632 e. The van der Waals surface area contributed by atoms with Crippen molar-refractivity contribution in [2.75, 3.05) is 0 Å². The van der Waals surface area contributed by atoms with Crippen LogP contribution >= 0.6 is 15.9 Å². The Kier molecular flexibility index (Phi) is 2.88. The van der Waals surface area contributed by atoms with Crippen LogP contribution in [0.1, 0.15) is 13.3 Å². The van der Waals surface area contributed by atoms with Gasteiger partial charge in [0.25, 0.3) is 0 Å². The van der Waals surface area contributed by atoms with E-state index in [0.717, 1.165) is 17.4 Å². The lowest BCUT2D eigenvalue weighted by atomic mass is 10.2. The smallest absolute Gasteiger partial charge is 0.0632 e. The number of allylic oxidation sites excluding steroid dienone is 1. The van der Waals surface area contributed by atoms with Crippen molar-refractivity contribution < 1.29 is 0 Å². The standard InChI is InChI=1S/C8H11BrN2/c1-7(2)3-4-11-6-8(9)5-10-11/h5-6H,1,3-4H2,2H3. The van der Waals surface area contributed by atoms with Crippen molar-refractivity contribution in [1.29, 1.82) is 0 Å². The van der Waals surface area contributed by atoms with Gasteiger partial charge < -0.3 is 0 Å². The second-order valence-electron chi connectivity index (χ2n) is 2.63. The van der Waals surface area contributed by atoms with Crippen molar-refractivity contribution in [1.82, 2.24) is 9.78 Å². The molecular weight excluding hydrogens is 204 g/mol. The Morgan fingerprint density at radius 1 is 1.82 bits per heavy atom. The highest BCUT2D eigenvalue weighted by Gasteiger charge is 1.93. The SMILES string of the molecule is C=C(C)CCn1cc(Br)cn1. The third-order valence-corrected chi connectivity index (χ3v) is 1.78. The summed E-state index contributed by atoms with van der Waals surface area (Å²) < 4.78 is 2.93. The molecule has 0 fully saturated rings. The Morgan fingerprint density at radius 2 is 2.55 bits per heavy atom. The topological polar surface area (TPSA) is 17.8 Å². The molecule has 1 heterocycles. The Balaban J connectivity index is 2.45. The van der Waals surface area contributed by atoms with E-state index in [9.17, 15) is 0 Å². The van der Waals surface area contributed by atoms with Crippen LogP contribution in [0.25, 0.3) is 0 Å². The van der Waals surface area contributed by atoms with Gasteiger partial charge in [0.05, 0.1) is 10.7 Å². The molecule has 0 aliphatic carbocycles. The van der Waals surface area contributed by atoms with Gasteiger partial charge in [0.1, 0.15) is 0 Å². The van der Waals surface area contributed by atoms with Gasteiger partial charge in [-0.2, -0.15) is 5.10 Å². The number of aryl methyl sites for hydroxylation is 1. The highest BCUT2D eigenvalue weighted by Crippen LogP contribution is 2.07. The quantitative estimate of drug-likeness (QED) is 0.708. The zero-order chi connectivity index (χ0) is 8.27. The van der Waals surface area contributed by atoms with E-state index in [1.165, 1.54) is 5.57 Å². The Bertz CT molecular complexity index is 252. The number of hydrogen-bond acceptors (Lipinski definition) is 1. The van der Waals surface area contributed by atoms with Crippen LogP contribution < -0.4 is 0 Å². The van der Waals surface area contributed by atoms with Gasteiger partial charge >= 0.3 is 0 Å². The fourth-order valence-electron chi connectivity index (χ4n) is 0.766. The molecule has 0 aliphatic rings. The first kappa shape index (κ1) is 8.53. The van der Waals surface area contributed by atoms with E-state index >= 15 is 0 Å². The van der Waals surface area contributed by atoms with E-state index in [0.29, 0.717) is 0 Å². The first-order chi connectivity index (χ1) is 5.18. The van der Waals surface area contributed by atoms with Gasteiger partial charge in [-0.3, -0.25) is 4.68 Å². The third-order valence-electron chi connectivity index (χ3n) is 1.37. The lowest BCUT2D eigenvalue weighted by molar-refractivity contribution is 0.613. The molecule has 0 amide bonds. The van der Waals surface area contributed by atoms with Crippen molar-refractivity contribution in [3.63, 3.8) is 0 Å². The fourth-order valence-corrected chi connectivity index (χ4v) is 1.09. The molecule has 0 saturated carbocycles. The van der Waals surface area contributed by atoms with Crippen LogP contribution in [-0.4, -0.2) is 9.78 Å². The summed E-state index contributed by atoms with van der Waals surface area (Å²) in [6.07, 6.45) is 4.75. The monoisotopic (exact) mass is 214 g/mol. The molecule has 0 unspecified atom stereocenters. The number of rotatable bonds is 3. The normalized spacial score (nSPS) is 10.0. The van der Waals surface area contributed by atoms with Gasteiger partial charge in [0.2, 0.25) is 0 Å². The molecule has 3 heteroatoms. The van der Waals surface area contributed by atoms with E-state index in [1.54, 1.807) is 6.20 Å². The third kappa shape index (κ3) is 2.89. The maximum absolute atomic E-state index is 4.12. The minimum absolute atomic E-state index is 0.918. The Hall–Kier alpha value is -0.570. The number of nitrogens with zero attached hydrogens (tertiary/aromatic N) is 2. The second-order valence-corrected chi connectivity index (χ2v) is 3.54. The van der Waals surface area contributed by atoms with E-state index in [-0.39, 0.29) is 0 Å². The molecule has 1 aromatic heterocycles. The maximum atomic E-state index is 4.12. The average molecular weight is 215 g/mol. The molecule has 1 aromatic rings. The van der Waals surface area contributed by atoms with Crippen molar-refractivity contribution in [2.45, 2.75) is 19.9 Å². The summed E-state index contributed by atoms with van der Waals surface area (Å²) in [5, 5.41) is 4.12. The van der Waals surface area contributed by atoms with Crippen molar-refractivity contribution in [2.24, 2.45) is 0 Å². The van der Waals surface area contributed by atoms with E-state index in [1.807, 2.05) is 17.8 Å². The number of hydrogen-bond donors (Lipinski definition) is 0. The second kappa shape index (κ2) is 3.72. The highest BCUT2D eigenvalue weighted by molar-refractivity contribution is 9.10. The van der Waals surface area contributed by atoms with Crippen LogP contribution in [0, 0.1) is 0 Å². The highest BCUT2D eigenvalue weighted by atomic mass is 79.9. The minimum Gasteiger partial charge on any atom is -0.271 e. The molecule has 0 atom stereocenters. The number of aromatic nitrogens is 2. The fraction of sp³-hybridized carbons (Fsp3) is 0.375. The minimum atomic E-state index is 0.918. The summed E-state index contributed by atoms with van der Waals surface area (Å²) in [6.45, 7) is 6.77. The van der Waals surface area contributed by atoms with Crippen LogP contribution in [0.3, 0.4) is 0 Å². The molecule has 0 aromatic carbocycles. The summed E-state index contributed by atoms with van der Waals surface area (Å²) in [6, 6.07) is 0. The summed E-state index contributed by atoms with van der Waals surface area (Å²) in [7, 11) is 0. The van der Waals surface area contributed by atoms with Crippen LogP contribution in [-0.2, 0) is 6.54 Å². The first-order valence-electron chi connectivity index (χ1n) is 3.51. The van der Waals surface area contributed by atoms with Crippen LogP contribution in [0.15, 0.2) is 29.0 Å².